The number of guanidine groups is 1. The number of aromatic nitrogens is 3. The monoisotopic (exact) mass is 509 g/mol. The maximum absolute atomic E-state index is 12.4. The van der Waals surface area contributed by atoms with Crippen molar-refractivity contribution in [3.8, 4) is 0 Å². The number of nitrogens with one attached hydrogen (secondary N) is 2. The molecule has 9 heteroatoms. The van der Waals surface area contributed by atoms with Crippen molar-refractivity contribution in [2.75, 3.05) is 18.5 Å². The number of para-hydroxylation sites is 1. The molecule has 3 heterocycles. The van der Waals surface area contributed by atoms with Crippen LogP contribution in [0, 0.1) is 0 Å². The summed E-state index contributed by atoms with van der Waals surface area (Å²) in [7, 11) is 1.74. The Balaban J connectivity index is 0.00000240. The molecule has 0 radical (unpaired) electrons. The predicted molar refractivity (Wildman–Crippen MR) is 124 cm³/mol. The van der Waals surface area contributed by atoms with Gasteiger partial charge in [-0.25, -0.2) is 0 Å². The van der Waals surface area contributed by atoms with Crippen LogP contribution in [0.2, 0.25) is 0 Å². The number of benzene rings is 1. The number of hydrogen-bond donors (Lipinski definition) is 2. The summed E-state index contributed by atoms with van der Waals surface area (Å²) in [6.07, 6.45) is 5.05. The fraction of sp³-hybridized carbons (Fsp3) is 0.500. The zero-order chi connectivity index (χ0) is 19.3. The summed E-state index contributed by atoms with van der Waals surface area (Å²) in [5, 5.41) is 15.4. The molecule has 0 spiro atoms. The lowest BCUT2D eigenvalue weighted by Gasteiger charge is -2.19. The number of amides is 1. The van der Waals surface area contributed by atoms with E-state index in [9.17, 15) is 4.79 Å². The highest BCUT2D eigenvalue weighted by Crippen LogP contribution is 2.21. The minimum Gasteiger partial charge on any atom is -0.351 e. The Morgan fingerprint density at radius 3 is 2.83 bits per heavy atom. The highest BCUT2D eigenvalue weighted by atomic mass is 127. The normalized spacial score (nSPS) is 19.3. The molecule has 156 valence electrons. The van der Waals surface area contributed by atoms with E-state index >= 15 is 0 Å². The van der Waals surface area contributed by atoms with Crippen LogP contribution in [0.5, 0.6) is 0 Å². The van der Waals surface area contributed by atoms with E-state index in [1.807, 2.05) is 35.2 Å². The third-order valence-corrected chi connectivity index (χ3v) is 5.36. The lowest BCUT2D eigenvalue weighted by molar-refractivity contribution is -0.117. The second-order valence-electron chi connectivity index (χ2n) is 7.31. The first kappa shape index (κ1) is 21.5. The average Bonchev–Trinajstić information content (AvgIpc) is 3.19. The SMILES string of the molecule is CN=C(NCc1nnc2n1CCCCC2)NC1CC(=O)N(c2ccccc2)C1.I. The van der Waals surface area contributed by atoms with Gasteiger partial charge >= 0.3 is 0 Å². The van der Waals surface area contributed by atoms with E-state index in [0.717, 1.165) is 30.3 Å². The Hall–Kier alpha value is -2.17. The summed E-state index contributed by atoms with van der Waals surface area (Å²) in [6, 6.07) is 9.80. The standard InChI is InChI=1S/C20H27N7O.HI/c1-21-20(22-13-18-25-24-17-10-6-3-7-11-26(17)18)23-15-12-19(28)27(14-15)16-8-4-2-5-9-16;/h2,4-5,8-9,15H,3,6-7,10-14H2,1H3,(H2,21,22,23);1H. The van der Waals surface area contributed by atoms with Gasteiger partial charge in [-0.15, -0.1) is 34.2 Å². The quantitative estimate of drug-likeness (QED) is 0.375. The fourth-order valence-corrected chi connectivity index (χ4v) is 3.89. The van der Waals surface area contributed by atoms with Crippen LogP contribution in [0.3, 0.4) is 0 Å². The van der Waals surface area contributed by atoms with E-state index in [4.69, 9.17) is 0 Å². The number of fused-ring (bicyclic) bond motifs is 1. The Morgan fingerprint density at radius 1 is 1.21 bits per heavy atom. The van der Waals surface area contributed by atoms with Crippen molar-refractivity contribution in [2.45, 2.75) is 51.2 Å². The molecule has 1 saturated heterocycles. The highest BCUT2D eigenvalue weighted by molar-refractivity contribution is 14.0. The molecule has 8 nitrogen and oxygen atoms in total. The van der Waals surface area contributed by atoms with Gasteiger partial charge < -0.3 is 20.1 Å². The number of aliphatic imine (C=N–C) groups is 1. The second kappa shape index (κ2) is 10.0. The molecule has 4 rings (SSSR count). The molecular formula is C20H28IN7O. The van der Waals surface area contributed by atoms with Gasteiger partial charge in [-0.05, 0) is 25.0 Å². The first-order chi connectivity index (χ1) is 13.7. The Labute approximate surface area is 188 Å². The molecule has 0 bridgehead atoms. The molecule has 1 aromatic carbocycles. The number of anilines is 1. The van der Waals surface area contributed by atoms with E-state index in [1.54, 1.807) is 7.05 Å². The molecule has 1 aromatic heterocycles. The Kier molecular flexibility index (Phi) is 7.45. The van der Waals surface area contributed by atoms with E-state index in [0.29, 0.717) is 25.5 Å². The fourth-order valence-electron chi connectivity index (χ4n) is 3.89. The average molecular weight is 509 g/mol. The molecule has 2 aliphatic heterocycles. The Morgan fingerprint density at radius 2 is 2.03 bits per heavy atom. The number of carbonyl (C=O) groups is 1. The maximum atomic E-state index is 12.4. The zero-order valence-corrected chi connectivity index (χ0v) is 19.0. The molecule has 29 heavy (non-hydrogen) atoms. The summed E-state index contributed by atoms with van der Waals surface area (Å²) in [5.74, 6) is 2.83. The number of halogens is 1. The number of nitrogens with zero attached hydrogens (tertiary/aromatic N) is 5. The van der Waals surface area contributed by atoms with Gasteiger partial charge in [0.15, 0.2) is 11.8 Å². The summed E-state index contributed by atoms with van der Waals surface area (Å²) in [4.78, 5) is 18.5. The van der Waals surface area contributed by atoms with E-state index in [1.165, 1.54) is 19.3 Å². The first-order valence-corrected chi connectivity index (χ1v) is 9.98. The van der Waals surface area contributed by atoms with Crippen molar-refractivity contribution in [3.63, 3.8) is 0 Å². The molecular weight excluding hydrogens is 481 g/mol. The summed E-state index contributed by atoms with van der Waals surface area (Å²) in [6.45, 7) is 2.17. The largest absolute Gasteiger partial charge is 0.351 e. The molecule has 2 N–H and O–H groups in total. The number of aryl methyl sites for hydroxylation is 1. The van der Waals surface area contributed by atoms with Gasteiger partial charge in [0, 0.05) is 38.7 Å². The summed E-state index contributed by atoms with van der Waals surface area (Å²) in [5.41, 5.74) is 0.936. The van der Waals surface area contributed by atoms with Gasteiger partial charge in [-0.3, -0.25) is 9.79 Å². The van der Waals surface area contributed by atoms with Crippen LogP contribution in [-0.2, 0) is 24.3 Å². The lowest BCUT2D eigenvalue weighted by atomic mass is 10.2. The number of rotatable bonds is 4. The highest BCUT2D eigenvalue weighted by Gasteiger charge is 2.31. The summed E-state index contributed by atoms with van der Waals surface area (Å²) >= 11 is 0. The van der Waals surface area contributed by atoms with Crippen LogP contribution in [0.4, 0.5) is 5.69 Å². The van der Waals surface area contributed by atoms with Gasteiger partial charge in [-0.1, -0.05) is 24.6 Å². The molecule has 1 fully saturated rings. The first-order valence-electron chi connectivity index (χ1n) is 9.98. The van der Waals surface area contributed by atoms with Gasteiger partial charge in [0.2, 0.25) is 5.91 Å². The van der Waals surface area contributed by atoms with Crippen LogP contribution in [-0.4, -0.2) is 46.3 Å². The third-order valence-electron chi connectivity index (χ3n) is 5.36. The van der Waals surface area contributed by atoms with Crippen LogP contribution in [0.1, 0.15) is 37.3 Å². The smallest absolute Gasteiger partial charge is 0.229 e. The van der Waals surface area contributed by atoms with Gasteiger partial charge in [0.25, 0.3) is 0 Å². The van der Waals surface area contributed by atoms with Crippen LogP contribution >= 0.6 is 24.0 Å². The van der Waals surface area contributed by atoms with E-state index in [2.05, 4.69) is 30.4 Å². The molecule has 2 aromatic rings. The molecule has 1 unspecified atom stereocenters. The Bertz CT molecular complexity index is 852. The minimum atomic E-state index is 0. The van der Waals surface area contributed by atoms with Crippen molar-refractivity contribution in [1.29, 1.82) is 0 Å². The van der Waals surface area contributed by atoms with Gasteiger partial charge in [-0.2, -0.15) is 0 Å². The van der Waals surface area contributed by atoms with Crippen molar-refractivity contribution in [1.82, 2.24) is 25.4 Å². The zero-order valence-electron chi connectivity index (χ0n) is 16.7. The second-order valence-corrected chi connectivity index (χ2v) is 7.31. The van der Waals surface area contributed by atoms with Crippen LogP contribution in [0.25, 0.3) is 0 Å². The number of hydrogen-bond acceptors (Lipinski definition) is 4. The van der Waals surface area contributed by atoms with E-state index in [-0.39, 0.29) is 35.9 Å². The van der Waals surface area contributed by atoms with Crippen LogP contribution < -0.4 is 15.5 Å². The van der Waals surface area contributed by atoms with Gasteiger partial charge in [0.1, 0.15) is 5.82 Å². The number of carbonyl (C=O) groups excluding carboxylic acids is 1. The van der Waals surface area contributed by atoms with Gasteiger partial charge in [0.05, 0.1) is 12.6 Å². The molecule has 0 saturated carbocycles. The predicted octanol–water partition coefficient (Wildman–Crippen LogP) is 2.09. The third kappa shape index (κ3) is 5.06. The minimum absolute atomic E-state index is 0. The summed E-state index contributed by atoms with van der Waals surface area (Å²) < 4.78 is 2.23. The van der Waals surface area contributed by atoms with Crippen molar-refractivity contribution >= 4 is 41.5 Å². The van der Waals surface area contributed by atoms with Crippen molar-refractivity contribution in [2.24, 2.45) is 4.99 Å². The van der Waals surface area contributed by atoms with Crippen molar-refractivity contribution < 1.29 is 4.79 Å². The molecule has 1 amide bonds. The maximum Gasteiger partial charge on any atom is 0.229 e. The molecule has 2 aliphatic rings. The topological polar surface area (TPSA) is 87.4 Å². The lowest BCUT2D eigenvalue weighted by Crippen LogP contribution is -2.44. The van der Waals surface area contributed by atoms with E-state index < -0.39 is 0 Å². The van der Waals surface area contributed by atoms with Crippen molar-refractivity contribution in [3.05, 3.63) is 42.0 Å². The molecule has 1 atom stereocenters. The molecule has 0 aliphatic carbocycles. The van der Waals surface area contributed by atoms with Crippen LogP contribution in [0.15, 0.2) is 35.3 Å².